The summed E-state index contributed by atoms with van der Waals surface area (Å²) in [6.45, 7) is 4.42. The zero-order chi connectivity index (χ0) is 17.6. The molecular weight excluding hydrogens is 312 g/mol. The molecule has 1 amide bonds. The van der Waals surface area contributed by atoms with Crippen LogP contribution in [-0.2, 0) is 6.61 Å². The van der Waals surface area contributed by atoms with E-state index in [2.05, 4.69) is 10.3 Å². The van der Waals surface area contributed by atoms with Gasteiger partial charge in [-0.05, 0) is 49.2 Å². The van der Waals surface area contributed by atoms with E-state index in [0.717, 1.165) is 16.7 Å². The lowest BCUT2D eigenvalue weighted by Crippen LogP contribution is -2.14. The Morgan fingerprint density at radius 2 is 1.88 bits per heavy atom. The number of aryl methyl sites for hydroxylation is 2. The van der Waals surface area contributed by atoms with Crippen LogP contribution in [0.1, 0.15) is 27.0 Å². The average Bonchev–Trinajstić information content (AvgIpc) is 2.62. The number of amides is 1. The van der Waals surface area contributed by atoms with Crippen molar-refractivity contribution in [3.05, 3.63) is 89.1 Å². The van der Waals surface area contributed by atoms with Crippen molar-refractivity contribution in [2.45, 2.75) is 20.5 Å². The molecule has 1 heterocycles. The number of nitrogens with zero attached hydrogens (tertiary/aromatic N) is 1. The second-order valence-electron chi connectivity index (χ2n) is 5.89. The quantitative estimate of drug-likeness (QED) is 0.747. The first-order valence-electron chi connectivity index (χ1n) is 8.14. The molecule has 25 heavy (non-hydrogen) atoms. The first kappa shape index (κ1) is 16.7. The van der Waals surface area contributed by atoms with Gasteiger partial charge >= 0.3 is 0 Å². The number of nitrogens with one attached hydrogen (secondary N) is 1. The molecule has 0 radical (unpaired) electrons. The van der Waals surface area contributed by atoms with Crippen LogP contribution in [0.5, 0.6) is 5.75 Å². The predicted molar refractivity (Wildman–Crippen MR) is 98.9 cm³/mol. The number of rotatable bonds is 5. The Morgan fingerprint density at radius 1 is 1.04 bits per heavy atom. The summed E-state index contributed by atoms with van der Waals surface area (Å²) in [5, 5.41) is 2.83. The van der Waals surface area contributed by atoms with E-state index in [1.165, 1.54) is 0 Å². The van der Waals surface area contributed by atoms with Gasteiger partial charge in [0.15, 0.2) is 11.6 Å². The van der Waals surface area contributed by atoms with Gasteiger partial charge < -0.3 is 10.1 Å². The fourth-order valence-corrected chi connectivity index (χ4v) is 2.49. The number of aromatic nitrogens is 1. The average molecular weight is 332 g/mol. The molecule has 4 heteroatoms. The van der Waals surface area contributed by atoms with Crippen LogP contribution < -0.4 is 10.1 Å². The molecule has 1 N–H and O–H groups in total. The van der Waals surface area contributed by atoms with Gasteiger partial charge in [0.1, 0.15) is 6.61 Å². The van der Waals surface area contributed by atoms with Gasteiger partial charge in [0.25, 0.3) is 5.91 Å². The summed E-state index contributed by atoms with van der Waals surface area (Å²) in [5.74, 6) is 0.762. The molecule has 0 unspecified atom stereocenters. The highest BCUT2D eigenvalue weighted by Gasteiger charge is 2.11. The van der Waals surface area contributed by atoms with Crippen LogP contribution >= 0.6 is 0 Å². The van der Waals surface area contributed by atoms with Gasteiger partial charge in [-0.3, -0.25) is 4.79 Å². The van der Waals surface area contributed by atoms with Crippen molar-refractivity contribution in [1.82, 2.24) is 4.98 Å². The van der Waals surface area contributed by atoms with Crippen LogP contribution in [0.2, 0.25) is 0 Å². The van der Waals surface area contributed by atoms with Crippen LogP contribution in [-0.4, -0.2) is 10.9 Å². The highest BCUT2D eigenvalue weighted by molar-refractivity contribution is 6.04. The van der Waals surface area contributed by atoms with Crippen LogP contribution in [0.25, 0.3) is 0 Å². The molecule has 0 fully saturated rings. The Bertz CT molecular complexity index is 890. The number of hydrogen-bond donors (Lipinski definition) is 1. The molecule has 126 valence electrons. The summed E-state index contributed by atoms with van der Waals surface area (Å²) in [7, 11) is 0. The molecule has 0 aliphatic heterocycles. The molecule has 0 spiro atoms. The molecule has 1 aromatic heterocycles. The Kier molecular flexibility index (Phi) is 5.09. The second kappa shape index (κ2) is 7.62. The third-order valence-electron chi connectivity index (χ3n) is 3.93. The van der Waals surface area contributed by atoms with Crippen molar-refractivity contribution in [3.8, 4) is 5.75 Å². The van der Waals surface area contributed by atoms with Crippen molar-refractivity contribution in [1.29, 1.82) is 0 Å². The molecule has 0 aliphatic rings. The molecule has 3 aromatic rings. The van der Waals surface area contributed by atoms with Crippen molar-refractivity contribution in [2.75, 3.05) is 5.32 Å². The summed E-state index contributed by atoms with van der Waals surface area (Å²) in [6, 6.07) is 19.1. The standard InChI is InChI=1S/C21H20N2O2/c1-15-7-5-10-17(13-15)21(24)23-20-19(11-6-12-22-20)25-14-18-9-4-3-8-16(18)2/h3-13H,14H2,1-2H3,(H,22,23,24). The number of pyridine rings is 1. The van der Waals surface area contributed by atoms with E-state index in [9.17, 15) is 4.79 Å². The highest BCUT2D eigenvalue weighted by atomic mass is 16.5. The number of carbonyl (C=O) groups is 1. The van der Waals surface area contributed by atoms with E-state index in [1.54, 1.807) is 24.4 Å². The Labute approximate surface area is 147 Å². The number of anilines is 1. The zero-order valence-electron chi connectivity index (χ0n) is 14.3. The second-order valence-corrected chi connectivity index (χ2v) is 5.89. The Morgan fingerprint density at radius 3 is 2.68 bits per heavy atom. The summed E-state index contributed by atoms with van der Waals surface area (Å²) in [4.78, 5) is 16.7. The Balaban J connectivity index is 1.75. The lowest BCUT2D eigenvalue weighted by molar-refractivity contribution is 0.102. The number of ether oxygens (including phenoxy) is 1. The van der Waals surface area contributed by atoms with Crippen LogP contribution in [0, 0.1) is 13.8 Å². The first-order valence-corrected chi connectivity index (χ1v) is 8.14. The number of carbonyl (C=O) groups excluding carboxylic acids is 1. The molecule has 4 nitrogen and oxygen atoms in total. The van der Waals surface area contributed by atoms with E-state index in [4.69, 9.17) is 4.74 Å². The van der Waals surface area contributed by atoms with Gasteiger partial charge in [0.05, 0.1) is 0 Å². The van der Waals surface area contributed by atoms with Gasteiger partial charge in [-0.15, -0.1) is 0 Å². The largest absolute Gasteiger partial charge is 0.485 e. The monoisotopic (exact) mass is 332 g/mol. The van der Waals surface area contributed by atoms with E-state index in [0.29, 0.717) is 23.7 Å². The van der Waals surface area contributed by atoms with Gasteiger partial charge in [-0.2, -0.15) is 0 Å². The van der Waals surface area contributed by atoms with Crippen molar-refractivity contribution >= 4 is 11.7 Å². The minimum atomic E-state index is -0.205. The molecule has 0 atom stereocenters. The smallest absolute Gasteiger partial charge is 0.256 e. The molecule has 0 saturated carbocycles. The van der Waals surface area contributed by atoms with Crippen LogP contribution in [0.15, 0.2) is 66.9 Å². The summed E-state index contributed by atoms with van der Waals surface area (Å²) >= 11 is 0. The molecule has 2 aromatic carbocycles. The van der Waals surface area contributed by atoms with Crippen molar-refractivity contribution in [2.24, 2.45) is 0 Å². The van der Waals surface area contributed by atoms with Gasteiger partial charge in [-0.25, -0.2) is 4.98 Å². The molecule has 0 aliphatic carbocycles. The van der Waals surface area contributed by atoms with E-state index in [1.807, 2.05) is 56.3 Å². The third kappa shape index (κ3) is 4.23. The fourth-order valence-electron chi connectivity index (χ4n) is 2.49. The normalized spacial score (nSPS) is 10.3. The minimum Gasteiger partial charge on any atom is -0.485 e. The summed E-state index contributed by atoms with van der Waals surface area (Å²) < 4.78 is 5.89. The van der Waals surface area contributed by atoms with Gasteiger partial charge in [-0.1, -0.05) is 42.0 Å². The van der Waals surface area contributed by atoms with Gasteiger partial charge in [0, 0.05) is 11.8 Å². The van der Waals surface area contributed by atoms with Crippen molar-refractivity contribution < 1.29 is 9.53 Å². The maximum absolute atomic E-state index is 12.4. The molecular formula is C21H20N2O2. The number of benzene rings is 2. The SMILES string of the molecule is Cc1cccc(C(=O)Nc2ncccc2OCc2ccccc2C)c1. The lowest BCUT2D eigenvalue weighted by Gasteiger charge is -2.12. The van der Waals surface area contributed by atoms with Crippen molar-refractivity contribution in [3.63, 3.8) is 0 Å². The third-order valence-corrected chi connectivity index (χ3v) is 3.93. The fraction of sp³-hybridized carbons (Fsp3) is 0.143. The molecule has 3 rings (SSSR count). The highest BCUT2D eigenvalue weighted by Crippen LogP contribution is 2.23. The maximum atomic E-state index is 12.4. The topological polar surface area (TPSA) is 51.2 Å². The van der Waals surface area contributed by atoms with E-state index < -0.39 is 0 Å². The molecule has 0 bridgehead atoms. The first-order chi connectivity index (χ1) is 12.1. The Hall–Kier alpha value is -3.14. The summed E-state index contributed by atoms with van der Waals surface area (Å²) in [6.07, 6.45) is 1.63. The lowest BCUT2D eigenvalue weighted by atomic mass is 10.1. The predicted octanol–water partition coefficient (Wildman–Crippen LogP) is 4.53. The maximum Gasteiger partial charge on any atom is 0.256 e. The minimum absolute atomic E-state index is 0.205. The van der Waals surface area contributed by atoms with Gasteiger partial charge in [0.2, 0.25) is 0 Å². The van der Waals surface area contributed by atoms with E-state index in [-0.39, 0.29) is 5.91 Å². The van der Waals surface area contributed by atoms with Crippen LogP contribution in [0.3, 0.4) is 0 Å². The molecule has 0 saturated heterocycles. The summed E-state index contributed by atoms with van der Waals surface area (Å²) in [5.41, 5.74) is 3.89. The zero-order valence-corrected chi connectivity index (χ0v) is 14.3. The van der Waals surface area contributed by atoms with E-state index >= 15 is 0 Å². The van der Waals surface area contributed by atoms with Crippen LogP contribution in [0.4, 0.5) is 5.82 Å². The number of hydrogen-bond acceptors (Lipinski definition) is 3.